The van der Waals surface area contributed by atoms with Crippen molar-refractivity contribution in [1.29, 1.82) is 0 Å². The number of benzene rings is 6. The summed E-state index contributed by atoms with van der Waals surface area (Å²) in [5, 5.41) is 0. The molecule has 0 amide bonds. The normalized spacial score (nSPS) is 12.0. The number of rotatable bonds is 7. The zero-order valence-electron chi connectivity index (χ0n) is 25.2. The Balaban J connectivity index is 1.49. The van der Waals surface area contributed by atoms with Crippen molar-refractivity contribution in [3.05, 3.63) is 180 Å². The van der Waals surface area contributed by atoms with Crippen molar-refractivity contribution < 1.29 is 0 Å². The highest BCUT2D eigenvalue weighted by Crippen LogP contribution is 2.52. The van der Waals surface area contributed by atoms with Gasteiger partial charge in [0.25, 0.3) is 0 Å². The van der Waals surface area contributed by atoms with Crippen LogP contribution >= 0.6 is 0 Å². The highest BCUT2D eigenvalue weighted by molar-refractivity contribution is 6.01. The van der Waals surface area contributed by atoms with E-state index in [0.717, 1.165) is 17.8 Å². The van der Waals surface area contributed by atoms with E-state index < -0.39 is 0 Å². The van der Waals surface area contributed by atoms with Crippen LogP contribution in [0, 0.1) is 6.92 Å². The second-order valence-corrected chi connectivity index (χ2v) is 11.4. The molecule has 1 nitrogen and oxygen atoms in total. The molecule has 0 fully saturated rings. The SMILES string of the molecule is C/C=C\C=C/c1cccc2c1Cc1ccc(-c3ccccc3)c(N(c3ccc(C)cc3)c3ccc(-c4ccccc4)cc3)c1-2. The Hall–Kier alpha value is -5.40. The molecule has 0 heterocycles. The monoisotopic (exact) mass is 565 g/mol. The lowest BCUT2D eigenvalue weighted by Crippen LogP contribution is -2.13. The fourth-order valence-electron chi connectivity index (χ4n) is 6.35. The van der Waals surface area contributed by atoms with Crippen molar-refractivity contribution in [1.82, 2.24) is 0 Å². The highest BCUT2D eigenvalue weighted by atomic mass is 15.1. The first-order valence-electron chi connectivity index (χ1n) is 15.4. The van der Waals surface area contributed by atoms with Gasteiger partial charge in [-0.2, -0.15) is 0 Å². The molecule has 0 saturated carbocycles. The second kappa shape index (κ2) is 12.1. The van der Waals surface area contributed by atoms with E-state index in [0.29, 0.717) is 0 Å². The van der Waals surface area contributed by atoms with Crippen LogP contribution in [0.3, 0.4) is 0 Å². The van der Waals surface area contributed by atoms with Gasteiger partial charge in [-0.25, -0.2) is 0 Å². The summed E-state index contributed by atoms with van der Waals surface area (Å²) in [4.78, 5) is 2.47. The van der Waals surface area contributed by atoms with E-state index in [1.165, 1.54) is 61.3 Å². The van der Waals surface area contributed by atoms with E-state index in [2.05, 4.69) is 183 Å². The highest BCUT2D eigenvalue weighted by Gasteiger charge is 2.29. The predicted molar refractivity (Wildman–Crippen MR) is 189 cm³/mol. The number of anilines is 3. The van der Waals surface area contributed by atoms with Crippen LogP contribution in [0.5, 0.6) is 0 Å². The molecule has 1 heteroatoms. The molecule has 0 saturated heterocycles. The lowest BCUT2D eigenvalue weighted by molar-refractivity contribution is 1.24. The van der Waals surface area contributed by atoms with Gasteiger partial charge in [-0.3, -0.25) is 0 Å². The largest absolute Gasteiger partial charge is 0.309 e. The van der Waals surface area contributed by atoms with Gasteiger partial charge in [0, 0.05) is 22.5 Å². The third kappa shape index (κ3) is 5.18. The number of hydrogen-bond acceptors (Lipinski definition) is 1. The Morgan fingerprint density at radius 2 is 1.18 bits per heavy atom. The van der Waals surface area contributed by atoms with Crippen molar-refractivity contribution >= 4 is 23.1 Å². The molecule has 0 spiro atoms. The topological polar surface area (TPSA) is 3.24 Å². The van der Waals surface area contributed by atoms with Crippen LogP contribution in [-0.2, 0) is 6.42 Å². The summed E-state index contributed by atoms with van der Waals surface area (Å²) in [6, 6.07) is 50.8. The van der Waals surface area contributed by atoms with E-state index in [-0.39, 0.29) is 0 Å². The van der Waals surface area contributed by atoms with Crippen LogP contribution in [0.25, 0.3) is 39.5 Å². The first kappa shape index (κ1) is 27.4. The van der Waals surface area contributed by atoms with Gasteiger partial charge in [0.2, 0.25) is 0 Å². The lowest BCUT2D eigenvalue weighted by Gasteiger charge is -2.31. The Morgan fingerprint density at radius 1 is 0.545 bits per heavy atom. The molecule has 1 aliphatic carbocycles. The van der Waals surface area contributed by atoms with E-state index in [9.17, 15) is 0 Å². The molecular weight excluding hydrogens is 530 g/mol. The first-order chi connectivity index (χ1) is 21.7. The van der Waals surface area contributed by atoms with Gasteiger partial charge in [0.1, 0.15) is 0 Å². The summed E-state index contributed by atoms with van der Waals surface area (Å²) in [6.45, 7) is 4.20. The van der Waals surface area contributed by atoms with Crippen LogP contribution in [-0.4, -0.2) is 0 Å². The van der Waals surface area contributed by atoms with Gasteiger partial charge in [-0.15, -0.1) is 0 Å². The predicted octanol–water partition coefficient (Wildman–Crippen LogP) is 12.0. The fourth-order valence-corrected chi connectivity index (χ4v) is 6.35. The van der Waals surface area contributed by atoms with Crippen molar-refractivity contribution in [3.63, 3.8) is 0 Å². The fraction of sp³-hybridized carbons (Fsp3) is 0.0698. The summed E-state index contributed by atoms with van der Waals surface area (Å²) in [5.74, 6) is 0. The molecule has 7 rings (SSSR count). The Morgan fingerprint density at radius 3 is 1.86 bits per heavy atom. The van der Waals surface area contributed by atoms with Gasteiger partial charge in [-0.05, 0) is 83.5 Å². The number of hydrogen-bond donors (Lipinski definition) is 0. The van der Waals surface area contributed by atoms with E-state index in [4.69, 9.17) is 0 Å². The van der Waals surface area contributed by atoms with E-state index >= 15 is 0 Å². The maximum absolute atomic E-state index is 2.47. The van der Waals surface area contributed by atoms with Crippen LogP contribution in [0.1, 0.15) is 29.2 Å². The minimum atomic E-state index is 0.914. The first-order valence-corrected chi connectivity index (χ1v) is 15.4. The molecule has 0 aromatic heterocycles. The second-order valence-electron chi connectivity index (χ2n) is 11.4. The van der Waals surface area contributed by atoms with Crippen molar-refractivity contribution in [2.45, 2.75) is 20.3 Å². The average molecular weight is 566 g/mol. The van der Waals surface area contributed by atoms with Crippen LogP contribution < -0.4 is 4.90 Å². The van der Waals surface area contributed by atoms with Crippen LogP contribution in [0.4, 0.5) is 17.1 Å². The van der Waals surface area contributed by atoms with Crippen LogP contribution in [0.2, 0.25) is 0 Å². The molecule has 0 bridgehead atoms. The van der Waals surface area contributed by atoms with Crippen molar-refractivity contribution in [3.8, 4) is 33.4 Å². The maximum Gasteiger partial charge on any atom is 0.0621 e. The molecule has 6 aromatic carbocycles. The van der Waals surface area contributed by atoms with Crippen molar-refractivity contribution in [2.24, 2.45) is 0 Å². The van der Waals surface area contributed by atoms with Crippen molar-refractivity contribution in [2.75, 3.05) is 4.90 Å². The quantitative estimate of drug-likeness (QED) is 0.174. The van der Waals surface area contributed by atoms with Gasteiger partial charge in [-0.1, -0.05) is 145 Å². The standard InChI is InChI=1S/C43H35N/c1-3-4-7-15-35-18-12-19-40-41(35)30-36-24-29-39(34-16-10-6-11-17-34)43(42(36)40)44(37-25-20-31(2)21-26-37)38-27-22-33(23-28-38)32-13-8-5-9-14-32/h3-29H,30H2,1-2H3/b4-3-,15-7-. The summed E-state index contributed by atoms with van der Waals surface area (Å²) in [5.41, 5.74) is 16.3. The zero-order chi connectivity index (χ0) is 29.9. The molecule has 0 N–H and O–H groups in total. The lowest BCUT2D eigenvalue weighted by atomic mass is 9.93. The molecule has 44 heavy (non-hydrogen) atoms. The third-order valence-electron chi connectivity index (χ3n) is 8.53. The molecule has 0 unspecified atom stereocenters. The minimum absolute atomic E-state index is 0.914. The molecule has 6 aromatic rings. The third-order valence-corrected chi connectivity index (χ3v) is 8.53. The minimum Gasteiger partial charge on any atom is -0.309 e. The molecular formula is C43H35N. The number of allylic oxidation sites excluding steroid dienone is 3. The van der Waals surface area contributed by atoms with Crippen LogP contribution in [0.15, 0.2) is 158 Å². The van der Waals surface area contributed by atoms with E-state index in [1.807, 2.05) is 0 Å². The molecule has 212 valence electrons. The van der Waals surface area contributed by atoms with Gasteiger partial charge in [0.05, 0.1) is 5.69 Å². The zero-order valence-corrected chi connectivity index (χ0v) is 25.2. The average Bonchev–Trinajstić information content (AvgIpc) is 3.47. The summed E-state index contributed by atoms with van der Waals surface area (Å²) in [7, 11) is 0. The number of fused-ring (bicyclic) bond motifs is 3. The smallest absolute Gasteiger partial charge is 0.0621 e. The molecule has 0 atom stereocenters. The summed E-state index contributed by atoms with van der Waals surface area (Å²) >= 11 is 0. The molecule has 1 aliphatic rings. The Bertz CT molecular complexity index is 1960. The van der Waals surface area contributed by atoms with Gasteiger partial charge < -0.3 is 4.90 Å². The maximum atomic E-state index is 2.47. The number of aryl methyl sites for hydroxylation is 1. The Labute approximate surface area is 261 Å². The summed E-state index contributed by atoms with van der Waals surface area (Å²) < 4.78 is 0. The van der Waals surface area contributed by atoms with Gasteiger partial charge in [0.15, 0.2) is 0 Å². The molecule has 0 aliphatic heterocycles. The molecule has 0 radical (unpaired) electrons. The van der Waals surface area contributed by atoms with E-state index in [1.54, 1.807) is 0 Å². The Kier molecular flexibility index (Phi) is 7.53. The van der Waals surface area contributed by atoms with Gasteiger partial charge >= 0.3 is 0 Å². The summed E-state index contributed by atoms with van der Waals surface area (Å²) in [6.07, 6.45) is 9.46. The number of nitrogens with zero attached hydrogens (tertiary/aromatic N) is 1.